The van der Waals surface area contributed by atoms with Gasteiger partial charge in [-0.2, -0.15) is 15.4 Å². The van der Waals surface area contributed by atoms with Crippen molar-refractivity contribution >= 4 is 0 Å². The van der Waals surface area contributed by atoms with Gasteiger partial charge in [-0.1, -0.05) is 44.2 Å². The van der Waals surface area contributed by atoms with E-state index in [9.17, 15) is 0 Å². The third kappa shape index (κ3) is 2.68. The Morgan fingerprint density at radius 1 is 1.26 bits per heavy atom. The second kappa shape index (κ2) is 4.78. The van der Waals surface area contributed by atoms with Crippen molar-refractivity contribution in [1.82, 2.24) is 20.7 Å². The SMILES string of the molecule is CC1(C)CC1CNCc1n[nH]nc1-c1ccccc1. The molecular formula is C15H20N4. The maximum absolute atomic E-state index is 4.25. The average molecular weight is 256 g/mol. The van der Waals surface area contributed by atoms with Crippen LogP contribution in [0, 0.1) is 11.3 Å². The van der Waals surface area contributed by atoms with Crippen LogP contribution in [0.25, 0.3) is 11.3 Å². The summed E-state index contributed by atoms with van der Waals surface area (Å²) in [7, 11) is 0. The van der Waals surface area contributed by atoms with Crippen LogP contribution in [-0.4, -0.2) is 22.0 Å². The Kier molecular flexibility index (Phi) is 3.11. The van der Waals surface area contributed by atoms with Crippen molar-refractivity contribution in [2.45, 2.75) is 26.8 Å². The van der Waals surface area contributed by atoms with E-state index in [2.05, 4.69) is 46.7 Å². The molecular weight excluding hydrogens is 236 g/mol. The number of hydrogen-bond donors (Lipinski definition) is 2. The molecule has 1 unspecified atom stereocenters. The van der Waals surface area contributed by atoms with Gasteiger partial charge in [0.2, 0.25) is 0 Å². The largest absolute Gasteiger partial charge is 0.311 e. The Labute approximate surface area is 113 Å². The summed E-state index contributed by atoms with van der Waals surface area (Å²) in [6.45, 7) is 6.48. The van der Waals surface area contributed by atoms with Gasteiger partial charge in [0.25, 0.3) is 0 Å². The summed E-state index contributed by atoms with van der Waals surface area (Å²) in [6, 6.07) is 10.2. The lowest BCUT2D eigenvalue weighted by Gasteiger charge is -2.05. The summed E-state index contributed by atoms with van der Waals surface area (Å²) in [5, 5.41) is 14.7. The molecule has 0 amide bonds. The number of aromatic amines is 1. The predicted octanol–water partition coefficient (Wildman–Crippen LogP) is 2.61. The van der Waals surface area contributed by atoms with Crippen LogP contribution in [0.5, 0.6) is 0 Å². The van der Waals surface area contributed by atoms with E-state index in [1.807, 2.05) is 18.2 Å². The number of aromatic nitrogens is 3. The first kappa shape index (κ1) is 12.4. The van der Waals surface area contributed by atoms with E-state index in [0.29, 0.717) is 5.41 Å². The zero-order chi connectivity index (χ0) is 13.3. The summed E-state index contributed by atoms with van der Waals surface area (Å²) in [4.78, 5) is 0. The highest BCUT2D eigenvalue weighted by atomic mass is 15.3. The molecule has 1 aromatic carbocycles. The first-order chi connectivity index (χ1) is 9.17. The molecule has 1 aliphatic rings. The Balaban J connectivity index is 1.62. The smallest absolute Gasteiger partial charge is 0.117 e. The van der Waals surface area contributed by atoms with Gasteiger partial charge in [-0.25, -0.2) is 0 Å². The maximum Gasteiger partial charge on any atom is 0.117 e. The molecule has 0 spiro atoms. The molecule has 2 N–H and O–H groups in total. The number of hydrogen-bond acceptors (Lipinski definition) is 3. The van der Waals surface area contributed by atoms with Crippen molar-refractivity contribution in [3.63, 3.8) is 0 Å². The minimum atomic E-state index is 0.527. The molecule has 1 heterocycles. The van der Waals surface area contributed by atoms with E-state index in [1.165, 1.54) is 6.42 Å². The average Bonchev–Trinajstić information content (AvgIpc) is 2.83. The lowest BCUT2D eigenvalue weighted by Crippen LogP contribution is -2.18. The van der Waals surface area contributed by atoms with E-state index in [-0.39, 0.29) is 0 Å². The van der Waals surface area contributed by atoms with E-state index in [1.54, 1.807) is 0 Å². The topological polar surface area (TPSA) is 53.6 Å². The Bertz CT molecular complexity index is 544. The summed E-state index contributed by atoms with van der Waals surface area (Å²) >= 11 is 0. The van der Waals surface area contributed by atoms with Crippen LogP contribution in [0.15, 0.2) is 30.3 Å². The molecule has 4 nitrogen and oxygen atoms in total. The highest BCUT2D eigenvalue weighted by Crippen LogP contribution is 2.50. The number of nitrogens with one attached hydrogen (secondary N) is 2. The zero-order valence-corrected chi connectivity index (χ0v) is 11.5. The number of benzene rings is 1. The number of nitrogens with zero attached hydrogens (tertiary/aromatic N) is 2. The molecule has 100 valence electrons. The second-order valence-corrected chi connectivity index (χ2v) is 6.01. The summed E-state index contributed by atoms with van der Waals surface area (Å²) in [6.07, 6.45) is 1.32. The zero-order valence-electron chi connectivity index (χ0n) is 11.5. The summed E-state index contributed by atoms with van der Waals surface area (Å²) in [5.41, 5.74) is 3.58. The van der Waals surface area contributed by atoms with Crippen molar-refractivity contribution in [1.29, 1.82) is 0 Å². The van der Waals surface area contributed by atoms with E-state index >= 15 is 0 Å². The molecule has 3 rings (SSSR count). The molecule has 1 atom stereocenters. The van der Waals surface area contributed by atoms with E-state index < -0.39 is 0 Å². The summed E-state index contributed by atoms with van der Waals surface area (Å²) in [5.74, 6) is 0.805. The standard InChI is InChI=1S/C15H20N4/c1-15(2)8-12(15)9-16-10-13-14(18-19-17-13)11-6-4-3-5-7-11/h3-7,12,16H,8-10H2,1-2H3,(H,17,18,19). The van der Waals surface area contributed by atoms with Gasteiger partial charge in [0.15, 0.2) is 0 Å². The molecule has 0 radical (unpaired) electrons. The van der Waals surface area contributed by atoms with Gasteiger partial charge in [-0.15, -0.1) is 0 Å². The molecule has 4 heteroatoms. The minimum absolute atomic E-state index is 0.527. The van der Waals surface area contributed by atoms with Crippen LogP contribution in [-0.2, 0) is 6.54 Å². The predicted molar refractivity (Wildman–Crippen MR) is 75.4 cm³/mol. The van der Waals surface area contributed by atoms with Crippen molar-refractivity contribution in [2.75, 3.05) is 6.54 Å². The number of H-pyrrole nitrogens is 1. The van der Waals surface area contributed by atoms with Crippen LogP contribution in [0.2, 0.25) is 0 Å². The molecule has 19 heavy (non-hydrogen) atoms. The van der Waals surface area contributed by atoms with Crippen molar-refractivity contribution in [3.05, 3.63) is 36.0 Å². The Morgan fingerprint density at radius 3 is 2.68 bits per heavy atom. The van der Waals surface area contributed by atoms with Gasteiger partial charge in [0.05, 0.1) is 0 Å². The van der Waals surface area contributed by atoms with Crippen LogP contribution in [0.1, 0.15) is 26.0 Å². The fraction of sp³-hybridized carbons (Fsp3) is 0.467. The maximum atomic E-state index is 4.25. The van der Waals surface area contributed by atoms with Gasteiger partial charge >= 0.3 is 0 Å². The van der Waals surface area contributed by atoms with Crippen LogP contribution < -0.4 is 5.32 Å². The van der Waals surface area contributed by atoms with E-state index in [4.69, 9.17) is 0 Å². The fourth-order valence-corrected chi connectivity index (χ4v) is 2.49. The first-order valence-electron chi connectivity index (χ1n) is 6.82. The molecule has 1 aliphatic carbocycles. The molecule has 1 fully saturated rings. The van der Waals surface area contributed by atoms with Gasteiger partial charge in [-0.3, -0.25) is 0 Å². The fourth-order valence-electron chi connectivity index (χ4n) is 2.49. The quantitative estimate of drug-likeness (QED) is 0.864. The van der Waals surface area contributed by atoms with Gasteiger partial charge in [0, 0.05) is 12.1 Å². The lowest BCUT2D eigenvalue weighted by atomic mass is 10.1. The highest BCUT2D eigenvalue weighted by molar-refractivity contribution is 5.60. The molecule has 0 aliphatic heterocycles. The molecule has 0 bridgehead atoms. The molecule has 1 aromatic heterocycles. The molecule has 0 saturated heterocycles. The lowest BCUT2D eigenvalue weighted by molar-refractivity contribution is 0.517. The van der Waals surface area contributed by atoms with Crippen LogP contribution in [0.4, 0.5) is 0 Å². The first-order valence-corrected chi connectivity index (χ1v) is 6.82. The van der Waals surface area contributed by atoms with Crippen molar-refractivity contribution in [2.24, 2.45) is 11.3 Å². The Hall–Kier alpha value is -1.68. The van der Waals surface area contributed by atoms with Crippen molar-refractivity contribution in [3.8, 4) is 11.3 Å². The Morgan fingerprint density at radius 2 is 2.00 bits per heavy atom. The second-order valence-electron chi connectivity index (χ2n) is 6.01. The van der Waals surface area contributed by atoms with Crippen molar-refractivity contribution < 1.29 is 0 Å². The highest BCUT2D eigenvalue weighted by Gasteiger charge is 2.44. The normalized spacial score (nSPS) is 20.4. The van der Waals surface area contributed by atoms with Gasteiger partial charge < -0.3 is 5.32 Å². The van der Waals surface area contributed by atoms with Gasteiger partial charge in [-0.05, 0) is 24.3 Å². The molecule has 1 saturated carbocycles. The summed E-state index contributed by atoms with van der Waals surface area (Å²) < 4.78 is 0. The molecule has 2 aromatic rings. The monoisotopic (exact) mass is 256 g/mol. The number of rotatable bonds is 5. The minimum Gasteiger partial charge on any atom is -0.311 e. The van der Waals surface area contributed by atoms with Gasteiger partial charge in [0.1, 0.15) is 11.4 Å². The van der Waals surface area contributed by atoms with Crippen LogP contribution >= 0.6 is 0 Å². The van der Waals surface area contributed by atoms with E-state index in [0.717, 1.165) is 36.0 Å². The third-order valence-corrected chi connectivity index (χ3v) is 4.07. The third-order valence-electron chi connectivity index (χ3n) is 4.07. The van der Waals surface area contributed by atoms with Crippen LogP contribution in [0.3, 0.4) is 0 Å².